The molecule has 0 saturated heterocycles. The van der Waals surface area contributed by atoms with Gasteiger partial charge >= 0.3 is 0 Å². The minimum absolute atomic E-state index is 0.00303. The molecular weight excluding hydrogens is 402 g/mol. The van der Waals surface area contributed by atoms with E-state index in [1.54, 1.807) is 18.1 Å². The van der Waals surface area contributed by atoms with E-state index in [1.807, 2.05) is 30.3 Å². The number of rotatable bonds is 8. The number of amides is 2. The number of ether oxygens (including phenoxy) is 2. The summed E-state index contributed by atoms with van der Waals surface area (Å²) in [6, 6.07) is 11.7. The number of nitrogens with zero attached hydrogens (tertiary/aromatic N) is 2. The van der Waals surface area contributed by atoms with E-state index in [1.165, 1.54) is 17.4 Å². The molecule has 1 aliphatic heterocycles. The van der Waals surface area contributed by atoms with Gasteiger partial charge in [-0.05, 0) is 23.6 Å². The van der Waals surface area contributed by atoms with E-state index in [0.29, 0.717) is 43.3 Å². The van der Waals surface area contributed by atoms with Crippen LogP contribution in [-0.4, -0.2) is 50.2 Å². The summed E-state index contributed by atoms with van der Waals surface area (Å²) in [6.45, 7) is 1.74. The monoisotopic (exact) mass is 425 g/mol. The number of carbonyl (C=O) groups excluding carboxylic acids is 2. The van der Waals surface area contributed by atoms with Crippen LogP contribution >= 0.6 is 11.3 Å². The fourth-order valence-electron chi connectivity index (χ4n) is 3.11. The smallest absolute Gasteiger partial charge is 0.249 e. The fourth-order valence-corrected chi connectivity index (χ4v) is 4.32. The van der Waals surface area contributed by atoms with Crippen LogP contribution in [0.2, 0.25) is 0 Å². The number of fused-ring (bicyclic) bond motifs is 1. The van der Waals surface area contributed by atoms with E-state index in [2.05, 4.69) is 11.4 Å². The number of thiophene rings is 1. The number of nitriles is 1. The van der Waals surface area contributed by atoms with Crippen LogP contribution in [0.5, 0.6) is 0 Å². The highest BCUT2D eigenvalue weighted by molar-refractivity contribution is 7.16. The van der Waals surface area contributed by atoms with Gasteiger partial charge in [-0.15, -0.1) is 11.3 Å². The molecule has 0 aliphatic carbocycles. The lowest BCUT2D eigenvalue weighted by atomic mass is 10.0. The van der Waals surface area contributed by atoms with Crippen molar-refractivity contribution in [3.05, 3.63) is 58.0 Å². The third kappa shape index (κ3) is 5.54. The summed E-state index contributed by atoms with van der Waals surface area (Å²) in [7, 11) is 1.58. The molecule has 0 radical (unpaired) electrons. The average Bonchev–Trinajstić information content (AvgIpc) is 3.11. The molecule has 7 nitrogen and oxygen atoms in total. The molecule has 0 unspecified atom stereocenters. The Bertz CT molecular complexity index is 963. The molecule has 0 spiro atoms. The van der Waals surface area contributed by atoms with Crippen molar-refractivity contribution in [3.8, 4) is 6.07 Å². The first-order valence-corrected chi connectivity index (χ1v) is 10.4. The van der Waals surface area contributed by atoms with Crippen LogP contribution in [-0.2, 0) is 32.0 Å². The van der Waals surface area contributed by atoms with E-state index >= 15 is 0 Å². The van der Waals surface area contributed by atoms with Crippen molar-refractivity contribution >= 4 is 34.2 Å². The molecular formula is C22H23N3O4S. The third-order valence-electron chi connectivity index (χ3n) is 4.64. The molecule has 2 aromatic rings. The van der Waals surface area contributed by atoms with Gasteiger partial charge in [0.1, 0.15) is 17.7 Å². The molecule has 1 N–H and O–H groups in total. The summed E-state index contributed by atoms with van der Waals surface area (Å²) in [5, 5.41) is 12.9. The standard InChI is InChI=1S/C22H23N3O4S/c1-28-11-12-29-15-21(27)25-10-9-17-18(13-23)22(30-19(17)14-25)24-20(26)8-7-16-5-3-2-4-6-16/h2-8H,9-12,14-15H2,1H3,(H,24,26). The Labute approximate surface area is 179 Å². The van der Waals surface area contributed by atoms with E-state index in [0.717, 1.165) is 16.0 Å². The molecule has 1 aromatic heterocycles. The zero-order valence-corrected chi connectivity index (χ0v) is 17.5. The van der Waals surface area contributed by atoms with Crippen LogP contribution in [0.15, 0.2) is 36.4 Å². The highest BCUT2D eigenvalue weighted by Crippen LogP contribution is 2.36. The van der Waals surface area contributed by atoms with E-state index < -0.39 is 0 Å². The molecule has 0 fully saturated rings. The van der Waals surface area contributed by atoms with E-state index in [-0.39, 0.29) is 18.4 Å². The average molecular weight is 426 g/mol. The van der Waals surface area contributed by atoms with Gasteiger partial charge in [-0.25, -0.2) is 0 Å². The highest BCUT2D eigenvalue weighted by atomic mass is 32.1. The van der Waals surface area contributed by atoms with Gasteiger partial charge in [0, 0.05) is 24.6 Å². The Kier molecular flexibility index (Phi) is 7.74. The number of nitrogens with one attached hydrogen (secondary N) is 1. The van der Waals surface area contributed by atoms with Gasteiger partial charge in [0.25, 0.3) is 0 Å². The first kappa shape index (κ1) is 21.7. The van der Waals surface area contributed by atoms with Crippen molar-refractivity contribution < 1.29 is 19.1 Å². The Hall–Kier alpha value is -2.99. The molecule has 0 saturated carbocycles. The molecule has 3 rings (SSSR count). The minimum atomic E-state index is -0.298. The summed E-state index contributed by atoms with van der Waals surface area (Å²) in [5.41, 5.74) is 2.31. The van der Waals surface area contributed by atoms with Crippen molar-refractivity contribution in [2.75, 3.05) is 38.8 Å². The van der Waals surface area contributed by atoms with Crippen LogP contribution in [0.3, 0.4) is 0 Å². The Morgan fingerprint density at radius 2 is 2.10 bits per heavy atom. The number of hydrogen-bond donors (Lipinski definition) is 1. The number of methoxy groups -OCH3 is 1. The van der Waals surface area contributed by atoms with Gasteiger partial charge in [0.05, 0.1) is 25.3 Å². The summed E-state index contributed by atoms with van der Waals surface area (Å²) in [4.78, 5) is 27.3. The lowest BCUT2D eigenvalue weighted by molar-refractivity contribution is -0.137. The van der Waals surface area contributed by atoms with Crippen molar-refractivity contribution in [2.24, 2.45) is 0 Å². The molecule has 2 amide bonds. The molecule has 156 valence electrons. The maximum atomic E-state index is 12.4. The zero-order chi connectivity index (χ0) is 21.3. The molecule has 30 heavy (non-hydrogen) atoms. The second-order valence-corrected chi connectivity index (χ2v) is 7.77. The normalized spacial score (nSPS) is 13.1. The molecule has 2 heterocycles. The van der Waals surface area contributed by atoms with Crippen molar-refractivity contribution in [1.29, 1.82) is 5.26 Å². The van der Waals surface area contributed by atoms with Crippen LogP contribution < -0.4 is 5.32 Å². The van der Waals surface area contributed by atoms with Gasteiger partial charge in [-0.3, -0.25) is 9.59 Å². The van der Waals surface area contributed by atoms with Crippen LogP contribution in [0.25, 0.3) is 6.08 Å². The van der Waals surface area contributed by atoms with Crippen LogP contribution in [0, 0.1) is 11.3 Å². The largest absolute Gasteiger partial charge is 0.382 e. The molecule has 0 atom stereocenters. The predicted octanol–water partition coefficient (Wildman–Crippen LogP) is 2.82. The second kappa shape index (κ2) is 10.7. The lowest BCUT2D eigenvalue weighted by Crippen LogP contribution is -2.38. The van der Waals surface area contributed by atoms with Gasteiger partial charge in [-0.2, -0.15) is 5.26 Å². The summed E-state index contributed by atoms with van der Waals surface area (Å²) in [5.74, 6) is -0.395. The Morgan fingerprint density at radius 1 is 1.30 bits per heavy atom. The van der Waals surface area contributed by atoms with Crippen molar-refractivity contribution in [3.63, 3.8) is 0 Å². The van der Waals surface area contributed by atoms with Crippen molar-refractivity contribution in [2.45, 2.75) is 13.0 Å². The van der Waals surface area contributed by atoms with Crippen LogP contribution in [0.1, 0.15) is 21.6 Å². The molecule has 1 aliphatic rings. The molecule has 0 bridgehead atoms. The Balaban J connectivity index is 1.64. The third-order valence-corrected chi connectivity index (χ3v) is 5.77. The zero-order valence-electron chi connectivity index (χ0n) is 16.7. The lowest BCUT2D eigenvalue weighted by Gasteiger charge is -2.26. The first-order chi connectivity index (χ1) is 14.6. The molecule has 1 aromatic carbocycles. The van der Waals surface area contributed by atoms with Gasteiger partial charge < -0.3 is 19.7 Å². The number of anilines is 1. The first-order valence-electron chi connectivity index (χ1n) is 9.55. The molecule has 8 heteroatoms. The fraction of sp³-hybridized carbons (Fsp3) is 0.318. The predicted molar refractivity (Wildman–Crippen MR) is 115 cm³/mol. The SMILES string of the molecule is COCCOCC(=O)N1CCc2c(sc(NC(=O)C=Cc3ccccc3)c2C#N)C1. The summed E-state index contributed by atoms with van der Waals surface area (Å²) < 4.78 is 10.2. The van der Waals surface area contributed by atoms with Gasteiger partial charge in [0.15, 0.2) is 0 Å². The number of benzene rings is 1. The summed E-state index contributed by atoms with van der Waals surface area (Å²) in [6.07, 6.45) is 3.75. The topological polar surface area (TPSA) is 91.7 Å². The maximum Gasteiger partial charge on any atom is 0.249 e. The van der Waals surface area contributed by atoms with E-state index in [9.17, 15) is 14.9 Å². The number of carbonyl (C=O) groups is 2. The quantitative estimate of drug-likeness (QED) is 0.519. The summed E-state index contributed by atoms with van der Waals surface area (Å²) >= 11 is 1.35. The Morgan fingerprint density at radius 3 is 2.83 bits per heavy atom. The maximum absolute atomic E-state index is 12.4. The van der Waals surface area contributed by atoms with E-state index in [4.69, 9.17) is 9.47 Å². The van der Waals surface area contributed by atoms with Crippen LogP contribution in [0.4, 0.5) is 5.00 Å². The highest BCUT2D eigenvalue weighted by Gasteiger charge is 2.27. The minimum Gasteiger partial charge on any atom is -0.382 e. The van der Waals surface area contributed by atoms with Crippen molar-refractivity contribution in [1.82, 2.24) is 4.90 Å². The number of hydrogen-bond acceptors (Lipinski definition) is 6. The second-order valence-electron chi connectivity index (χ2n) is 6.66. The van der Waals surface area contributed by atoms with Gasteiger partial charge in [0.2, 0.25) is 11.8 Å². The van der Waals surface area contributed by atoms with Gasteiger partial charge in [-0.1, -0.05) is 30.3 Å².